The van der Waals surface area contributed by atoms with Crippen LogP contribution >= 0.6 is 0 Å². The molecular formula is C18H20N6O6. The van der Waals surface area contributed by atoms with Gasteiger partial charge >= 0.3 is 5.69 Å². The number of hydrogen-bond acceptors (Lipinski definition) is 9. The van der Waals surface area contributed by atoms with Crippen molar-refractivity contribution in [1.82, 2.24) is 0 Å². The van der Waals surface area contributed by atoms with Gasteiger partial charge < -0.3 is 15.8 Å². The van der Waals surface area contributed by atoms with Crippen LogP contribution in [-0.4, -0.2) is 22.4 Å². The van der Waals surface area contributed by atoms with E-state index in [4.69, 9.17) is 10.5 Å². The summed E-state index contributed by atoms with van der Waals surface area (Å²) in [6.45, 7) is 3.94. The van der Waals surface area contributed by atoms with Gasteiger partial charge in [0.15, 0.2) is 5.69 Å². The number of amides is 1. The fourth-order valence-electron chi connectivity index (χ4n) is 2.45. The van der Waals surface area contributed by atoms with Gasteiger partial charge in [-0.1, -0.05) is 6.92 Å². The molecule has 0 saturated heterocycles. The Labute approximate surface area is 171 Å². The number of nitro benzene ring substituents is 2. The first-order valence-corrected chi connectivity index (χ1v) is 8.97. The van der Waals surface area contributed by atoms with Gasteiger partial charge in [-0.3, -0.25) is 25.0 Å². The molecule has 2 aromatic carbocycles. The number of ether oxygens (including phenoxy) is 1. The number of hydrogen-bond donors (Lipinski definition) is 2. The van der Waals surface area contributed by atoms with E-state index >= 15 is 0 Å². The highest BCUT2D eigenvalue weighted by molar-refractivity contribution is 5.95. The first kappa shape index (κ1) is 22.2. The zero-order valence-electron chi connectivity index (χ0n) is 16.3. The molecule has 3 N–H and O–H groups in total. The summed E-state index contributed by atoms with van der Waals surface area (Å²) in [5.74, 6) is 0.0389. The predicted molar refractivity (Wildman–Crippen MR) is 109 cm³/mol. The molecule has 0 atom stereocenters. The van der Waals surface area contributed by atoms with Crippen molar-refractivity contribution in [2.45, 2.75) is 26.7 Å². The Morgan fingerprint density at radius 2 is 1.80 bits per heavy atom. The SMILES string of the molecule is CCCC(=O)Nc1cc(N)c(OCC)cc1N=Nc1ccc([N+](=O)[O-])cc1[N+](=O)[O-]. The van der Waals surface area contributed by atoms with Crippen LogP contribution in [0.4, 0.5) is 34.1 Å². The van der Waals surface area contributed by atoms with Crippen LogP contribution in [0.15, 0.2) is 40.6 Å². The lowest BCUT2D eigenvalue weighted by atomic mass is 10.2. The summed E-state index contributed by atoms with van der Waals surface area (Å²) in [5.41, 5.74) is 5.41. The predicted octanol–water partition coefficient (Wildman–Crippen LogP) is 4.64. The van der Waals surface area contributed by atoms with E-state index in [9.17, 15) is 25.0 Å². The molecule has 0 bridgehead atoms. The summed E-state index contributed by atoms with van der Waals surface area (Å²) in [6, 6.07) is 5.90. The van der Waals surface area contributed by atoms with Crippen LogP contribution in [0.5, 0.6) is 5.75 Å². The third kappa shape index (κ3) is 5.47. The summed E-state index contributed by atoms with van der Waals surface area (Å²) in [6.07, 6.45) is 0.904. The van der Waals surface area contributed by atoms with Gasteiger partial charge in [-0.05, 0) is 25.5 Å². The van der Waals surface area contributed by atoms with E-state index in [0.717, 1.165) is 18.2 Å². The molecule has 0 fully saturated rings. The van der Waals surface area contributed by atoms with Crippen molar-refractivity contribution >= 4 is 40.0 Å². The standard InChI is InChI=1S/C18H20N6O6/c1-3-5-18(25)20-14-9-12(19)17(30-4-2)10-15(14)22-21-13-7-6-11(23(26)27)8-16(13)24(28)29/h6-10H,3-5,19H2,1-2H3,(H,20,25). The topological polar surface area (TPSA) is 175 Å². The van der Waals surface area contributed by atoms with Gasteiger partial charge in [0, 0.05) is 18.6 Å². The smallest absolute Gasteiger partial charge is 0.303 e. The second kappa shape index (κ2) is 9.91. The first-order chi connectivity index (χ1) is 14.3. The Hall–Kier alpha value is -4.09. The molecule has 12 nitrogen and oxygen atoms in total. The van der Waals surface area contributed by atoms with Gasteiger partial charge in [0.05, 0.1) is 33.9 Å². The van der Waals surface area contributed by atoms with E-state index in [1.165, 1.54) is 12.1 Å². The van der Waals surface area contributed by atoms with Crippen LogP contribution in [0, 0.1) is 20.2 Å². The first-order valence-electron chi connectivity index (χ1n) is 8.97. The molecule has 2 rings (SSSR count). The highest BCUT2D eigenvalue weighted by atomic mass is 16.6. The zero-order valence-corrected chi connectivity index (χ0v) is 16.3. The highest BCUT2D eigenvalue weighted by Crippen LogP contribution is 2.38. The van der Waals surface area contributed by atoms with Crippen LogP contribution in [0.2, 0.25) is 0 Å². The van der Waals surface area contributed by atoms with Crippen molar-refractivity contribution < 1.29 is 19.4 Å². The largest absolute Gasteiger partial charge is 0.492 e. The number of nitro groups is 2. The summed E-state index contributed by atoms with van der Waals surface area (Å²) in [4.78, 5) is 32.6. The Morgan fingerprint density at radius 1 is 1.10 bits per heavy atom. The van der Waals surface area contributed by atoms with Crippen molar-refractivity contribution in [2.75, 3.05) is 17.7 Å². The number of anilines is 2. The number of azo groups is 1. The number of nitrogens with two attached hydrogens (primary N) is 1. The number of rotatable bonds is 9. The maximum Gasteiger partial charge on any atom is 0.303 e. The average Bonchev–Trinajstić information content (AvgIpc) is 2.69. The number of carbonyl (C=O) groups is 1. The quantitative estimate of drug-likeness (QED) is 0.259. The lowest BCUT2D eigenvalue weighted by Crippen LogP contribution is -2.11. The molecule has 1 amide bonds. The maximum absolute atomic E-state index is 12.0. The molecule has 0 heterocycles. The number of non-ortho nitro benzene ring substituents is 1. The lowest BCUT2D eigenvalue weighted by Gasteiger charge is -2.12. The number of benzene rings is 2. The van der Waals surface area contributed by atoms with Crippen molar-refractivity contribution in [2.24, 2.45) is 10.2 Å². The van der Waals surface area contributed by atoms with E-state index < -0.39 is 21.2 Å². The third-order valence-corrected chi connectivity index (χ3v) is 3.81. The molecule has 30 heavy (non-hydrogen) atoms. The van der Waals surface area contributed by atoms with Crippen LogP contribution in [0.3, 0.4) is 0 Å². The number of nitrogens with zero attached hydrogens (tertiary/aromatic N) is 4. The van der Waals surface area contributed by atoms with Crippen molar-refractivity contribution in [3.8, 4) is 5.75 Å². The molecule has 0 aliphatic rings. The summed E-state index contributed by atoms with van der Waals surface area (Å²) >= 11 is 0. The molecule has 0 spiro atoms. The maximum atomic E-state index is 12.0. The van der Waals surface area contributed by atoms with Crippen LogP contribution in [0.1, 0.15) is 26.7 Å². The van der Waals surface area contributed by atoms with Crippen molar-refractivity contribution in [3.63, 3.8) is 0 Å². The summed E-state index contributed by atoms with van der Waals surface area (Å²) in [7, 11) is 0. The van der Waals surface area contributed by atoms with E-state index in [2.05, 4.69) is 15.5 Å². The van der Waals surface area contributed by atoms with Gasteiger partial charge in [-0.2, -0.15) is 0 Å². The minimum Gasteiger partial charge on any atom is -0.492 e. The Kier molecular flexibility index (Phi) is 7.33. The van der Waals surface area contributed by atoms with Gasteiger partial charge in [0.25, 0.3) is 5.69 Å². The van der Waals surface area contributed by atoms with Crippen LogP contribution in [0.25, 0.3) is 0 Å². The summed E-state index contributed by atoms with van der Waals surface area (Å²) in [5, 5.41) is 32.6. The number of nitrogens with one attached hydrogen (secondary N) is 1. The molecular weight excluding hydrogens is 396 g/mol. The lowest BCUT2D eigenvalue weighted by molar-refractivity contribution is -0.393. The van der Waals surface area contributed by atoms with Gasteiger partial charge in [0.2, 0.25) is 5.91 Å². The highest BCUT2D eigenvalue weighted by Gasteiger charge is 2.20. The molecule has 12 heteroatoms. The average molecular weight is 416 g/mol. The second-order valence-corrected chi connectivity index (χ2v) is 6.03. The molecule has 0 radical (unpaired) electrons. The van der Waals surface area contributed by atoms with Gasteiger partial charge in [0.1, 0.15) is 11.4 Å². The molecule has 0 saturated carbocycles. The van der Waals surface area contributed by atoms with E-state index in [1.54, 1.807) is 6.92 Å². The number of carbonyl (C=O) groups excluding carboxylic acids is 1. The monoisotopic (exact) mass is 416 g/mol. The Balaban J connectivity index is 2.50. The Morgan fingerprint density at radius 3 is 2.40 bits per heavy atom. The molecule has 2 aromatic rings. The fourth-order valence-corrected chi connectivity index (χ4v) is 2.45. The van der Waals surface area contributed by atoms with Crippen LogP contribution in [-0.2, 0) is 4.79 Å². The molecule has 0 unspecified atom stereocenters. The van der Waals surface area contributed by atoms with Crippen LogP contribution < -0.4 is 15.8 Å². The minimum absolute atomic E-state index is 0.157. The Bertz CT molecular complexity index is 1010. The zero-order chi connectivity index (χ0) is 22.3. The van der Waals surface area contributed by atoms with E-state index in [-0.39, 0.29) is 35.1 Å². The molecule has 158 valence electrons. The number of nitrogen functional groups attached to an aromatic ring is 1. The third-order valence-electron chi connectivity index (χ3n) is 3.81. The molecule has 0 aromatic heterocycles. The fraction of sp³-hybridized carbons (Fsp3) is 0.278. The van der Waals surface area contributed by atoms with Crippen molar-refractivity contribution in [3.05, 3.63) is 50.6 Å². The summed E-state index contributed by atoms with van der Waals surface area (Å²) < 4.78 is 5.42. The van der Waals surface area contributed by atoms with E-state index in [0.29, 0.717) is 18.8 Å². The van der Waals surface area contributed by atoms with Crippen molar-refractivity contribution in [1.29, 1.82) is 0 Å². The van der Waals surface area contributed by atoms with Gasteiger partial charge in [-0.15, -0.1) is 10.2 Å². The second-order valence-electron chi connectivity index (χ2n) is 6.03. The molecule has 0 aliphatic carbocycles. The molecule has 0 aliphatic heterocycles. The normalized spacial score (nSPS) is 10.7. The minimum atomic E-state index is -0.792. The van der Waals surface area contributed by atoms with E-state index in [1.807, 2.05) is 6.92 Å². The van der Waals surface area contributed by atoms with Gasteiger partial charge in [-0.25, -0.2) is 0 Å².